The number of carbonyl (C=O) groups is 2. The predicted octanol–water partition coefficient (Wildman–Crippen LogP) is 4.02. The molecule has 3 unspecified atom stereocenters. The number of ether oxygens (including phenoxy) is 2. The van der Waals surface area contributed by atoms with Crippen molar-refractivity contribution in [3.63, 3.8) is 0 Å². The molecule has 0 radical (unpaired) electrons. The van der Waals surface area contributed by atoms with Crippen molar-refractivity contribution in [2.45, 2.75) is 83.2 Å². The van der Waals surface area contributed by atoms with E-state index in [0.717, 1.165) is 44.1 Å². The lowest BCUT2D eigenvalue weighted by Crippen LogP contribution is -2.30. The van der Waals surface area contributed by atoms with Crippen LogP contribution in [0.5, 0.6) is 0 Å². The minimum atomic E-state index is -0.986. The standard InChI is InChI=1S/C16H28O7S/c1-4-6-8-13-10-12(15(18)20-13)11-14(17)21-16(3,9-7-5-2)24-23-22-19/h12-13,19H,4-11H2,1-3H3. The Hall–Kier alpha value is -0.830. The molecule has 1 rings (SSSR count). The Morgan fingerprint density at radius 2 is 2.08 bits per heavy atom. The maximum absolute atomic E-state index is 12.2. The number of cyclic esters (lactones) is 1. The molecule has 0 aromatic rings. The third-order valence-corrected chi connectivity index (χ3v) is 4.78. The summed E-state index contributed by atoms with van der Waals surface area (Å²) in [5.74, 6) is -1.26. The highest BCUT2D eigenvalue weighted by atomic mass is 32.2. The van der Waals surface area contributed by atoms with Crippen LogP contribution in [0.3, 0.4) is 0 Å². The van der Waals surface area contributed by atoms with Crippen LogP contribution < -0.4 is 0 Å². The van der Waals surface area contributed by atoms with Gasteiger partial charge in [0.15, 0.2) is 4.93 Å². The average Bonchev–Trinajstić information content (AvgIpc) is 2.88. The summed E-state index contributed by atoms with van der Waals surface area (Å²) in [4.78, 5) is 23.1. The highest BCUT2D eigenvalue weighted by Gasteiger charge is 2.38. The van der Waals surface area contributed by atoms with E-state index >= 15 is 0 Å². The number of carbonyl (C=O) groups excluding carboxylic acids is 2. The van der Waals surface area contributed by atoms with E-state index in [-0.39, 0.29) is 18.5 Å². The molecule has 0 bridgehead atoms. The summed E-state index contributed by atoms with van der Waals surface area (Å²) in [5.41, 5.74) is 0. The van der Waals surface area contributed by atoms with E-state index in [1.807, 2.05) is 6.92 Å². The summed E-state index contributed by atoms with van der Waals surface area (Å²) in [7, 11) is 0. The molecule has 0 amide bonds. The average molecular weight is 364 g/mol. The fraction of sp³-hybridized carbons (Fsp3) is 0.875. The fourth-order valence-electron chi connectivity index (χ4n) is 2.68. The molecule has 1 heterocycles. The monoisotopic (exact) mass is 364 g/mol. The number of esters is 2. The number of hydrogen-bond donors (Lipinski definition) is 1. The van der Waals surface area contributed by atoms with Crippen LogP contribution in [0.2, 0.25) is 0 Å². The van der Waals surface area contributed by atoms with Crippen molar-refractivity contribution in [3.05, 3.63) is 0 Å². The second-order valence-corrected chi connectivity index (χ2v) is 7.44. The van der Waals surface area contributed by atoms with Gasteiger partial charge in [0, 0.05) is 0 Å². The van der Waals surface area contributed by atoms with Gasteiger partial charge in [-0.15, -0.1) is 4.33 Å². The fourth-order valence-corrected chi connectivity index (χ4v) is 3.20. The third kappa shape index (κ3) is 7.38. The van der Waals surface area contributed by atoms with Crippen LogP contribution in [-0.2, 0) is 28.4 Å². The Bertz CT molecular complexity index is 394. The molecule has 1 aliphatic heterocycles. The molecule has 1 N–H and O–H groups in total. The zero-order chi connectivity index (χ0) is 18.0. The summed E-state index contributed by atoms with van der Waals surface area (Å²) < 4.78 is 15.2. The SMILES string of the molecule is CCCCC1CC(CC(=O)OC(C)(CCCC)SOOO)C(=O)O1. The Kier molecular flexibility index (Phi) is 9.65. The maximum Gasteiger partial charge on any atom is 0.309 e. The van der Waals surface area contributed by atoms with Crippen molar-refractivity contribution in [3.8, 4) is 0 Å². The van der Waals surface area contributed by atoms with Gasteiger partial charge in [-0.3, -0.25) is 9.59 Å². The van der Waals surface area contributed by atoms with Gasteiger partial charge < -0.3 is 9.47 Å². The predicted molar refractivity (Wildman–Crippen MR) is 88.5 cm³/mol. The molecule has 3 atom stereocenters. The molecular formula is C16H28O7S. The molecule has 24 heavy (non-hydrogen) atoms. The molecule has 7 nitrogen and oxygen atoms in total. The van der Waals surface area contributed by atoms with Gasteiger partial charge in [-0.2, -0.15) is 0 Å². The molecule has 1 saturated heterocycles. The zero-order valence-corrected chi connectivity index (χ0v) is 15.4. The number of hydrogen-bond acceptors (Lipinski definition) is 8. The Morgan fingerprint density at radius 3 is 2.71 bits per heavy atom. The largest absolute Gasteiger partial charge is 0.462 e. The van der Waals surface area contributed by atoms with Gasteiger partial charge in [0.25, 0.3) is 0 Å². The van der Waals surface area contributed by atoms with Crippen LogP contribution >= 0.6 is 12.0 Å². The van der Waals surface area contributed by atoms with E-state index in [0.29, 0.717) is 12.8 Å². The minimum Gasteiger partial charge on any atom is -0.462 e. The summed E-state index contributed by atoms with van der Waals surface area (Å²) in [5, 5.41) is 11.9. The molecular weight excluding hydrogens is 336 g/mol. The van der Waals surface area contributed by atoms with E-state index in [9.17, 15) is 9.59 Å². The first-order valence-electron chi connectivity index (χ1n) is 8.52. The summed E-state index contributed by atoms with van der Waals surface area (Å²) in [6.45, 7) is 5.78. The van der Waals surface area contributed by atoms with Crippen molar-refractivity contribution in [2.75, 3.05) is 0 Å². The summed E-state index contributed by atoms with van der Waals surface area (Å²) in [6, 6.07) is 0. The normalized spacial score (nSPS) is 22.9. The van der Waals surface area contributed by atoms with Gasteiger partial charge in [-0.25, -0.2) is 5.26 Å². The van der Waals surface area contributed by atoms with Crippen LogP contribution in [-0.4, -0.2) is 28.2 Å². The molecule has 140 valence electrons. The van der Waals surface area contributed by atoms with Crippen molar-refractivity contribution in [1.82, 2.24) is 0 Å². The van der Waals surface area contributed by atoms with Crippen molar-refractivity contribution in [2.24, 2.45) is 5.92 Å². The summed E-state index contributed by atoms with van der Waals surface area (Å²) in [6.07, 6.45) is 5.60. The van der Waals surface area contributed by atoms with Crippen LogP contribution in [0.1, 0.15) is 72.1 Å². The molecule has 0 saturated carbocycles. The molecule has 0 spiro atoms. The molecule has 8 heteroatoms. The van der Waals surface area contributed by atoms with Crippen LogP contribution in [0, 0.1) is 5.92 Å². The lowest BCUT2D eigenvalue weighted by molar-refractivity contribution is -0.433. The van der Waals surface area contributed by atoms with Gasteiger partial charge in [0.2, 0.25) is 0 Å². The third-order valence-electron chi connectivity index (χ3n) is 4.01. The smallest absolute Gasteiger partial charge is 0.309 e. The van der Waals surface area contributed by atoms with E-state index in [1.54, 1.807) is 6.92 Å². The van der Waals surface area contributed by atoms with E-state index in [1.165, 1.54) is 0 Å². The Balaban J connectivity index is 2.51. The summed E-state index contributed by atoms with van der Waals surface area (Å²) >= 11 is 0.731. The van der Waals surface area contributed by atoms with Crippen LogP contribution in [0.4, 0.5) is 0 Å². The van der Waals surface area contributed by atoms with Crippen LogP contribution in [0.25, 0.3) is 0 Å². The number of rotatable bonds is 12. The van der Waals surface area contributed by atoms with Crippen molar-refractivity contribution >= 4 is 24.0 Å². The maximum atomic E-state index is 12.2. The van der Waals surface area contributed by atoms with Gasteiger partial charge in [-0.05, 0) is 32.6 Å². The molecule has 0 aromatic carbocycles. The highest BCUT2D eigenvalue weighted by molar-refractivity contribution is 7.95. The Labute approximate surface area is 147 Å². The van der Waals surface area contributed by atoms with Crippen molar-refractivity contribution < 1.29 is 33.7 Å². The minimum absolute atomic E-state index is 0.0102. The van der Waals surface area contributed by atoms with E-state index < -0.39 is 16.8 Å². The topological polar surface area (TPSA) is 91.3 Å². The quantitative estimate of drug-likeness (QED) is 0.182. The zero-order valence-electron chi connectivity index (χ0n) is 14.6. The second kappa shape index (κ2) is 10.9. The van der Waals surface area contributed by atoms with Gasteiger partial charge in [-0.1, -0.05) is 38.1 Å². The molecule has 0 aromatic heterocycles. The van der Waals surface area contributed by atoms with Gasteiger partial charge in [0.05, 0.1) is 24.4 Å². The Morgan fingerprint density at radius 1 is 1.38 bits per heavy atom. The first kappa shape index (κ1) is 21.2. The van der Waals surface area contributed by atoms with Crippen LogP contribution in [0.15, 0.2) is 0 Å². The highest BCUT2D eigenvalue weighted by Crippen LogP contribution is 2.34. The first-order valence-corrected chi connectivity index (χ1v) is 9.26. The molecule has 0 aliphatic carbocycles. The van der Waals surface area contributed by atoms with Gasteiger partial charge >= 0.3 is 11.9 Å². The number of unbranched alkanes of at least 4 members (excludes halogenated alkanes) is 2. The molecule has 1 aliphatic rings. The lowest BCUT2D eigenvalue weighted by Gasteiger charge is -2.26. The van der Waals surface area contributed by atoms with Gasteiger partial charge in [0.1, 0.15) is 6.10 Å². The van der Waals surface area contributed by atoms with Crippen molar-refractivity contribution in [1.29, 1.82) is 0 Å². The van der Waals surface area contributed by atoms with E-state index in [2.05, 4.69) is 16.3 Å². The first-order chi connectivity index (χ1) is 11.4. The second-order valence-electron chi connectivity index (χ2n) is 6.28. The lowest BCUT2D eigenvalue weighted by atomic mass is 9.99. The molecule has 1 fully saturated rings. The van der Waals surface area contributed by atoms with E-state index in [4.69, 9.17) is 14.7 Å².